The third-order valence-corrected chi connectivity index (χ3v) is 5.54. The van der Waals surface area contributed by atoms with E-state index in [-0.39, 0.29) is 11.7 Å². The van der Waals surface area contributed by atoms with Crippen molar-refractivity contribution in [3.8, 4) is 0 Å². The molecule has 0 saturated carbocycles. The fourth-order valence-corrected chi connectivity index (χ4v) is 3.73. The summed E-state index contributed by atoms with van der Waals surface area (Å²) in [6.07, 6.45) is 1.95. The summed E-state index contributed by atoms with van der Waals surface area (Å²) >= 11 is 0. The number of benzene rings is 2. The number of likely N-dealkylation sites (tertiary alicyclic amines) is 1. The highest BCUT2D eigenvalue weighted by Crippen LogP contribution is 2.19. The molecule has 0 amide bonds. The van der Waals surface area contributed by atoms with Gasteiger partial charge in [0.15, 0.2) is 5.96 Å². The minimum absolute atomic E-state index is 0.123. The van der Waals surface area contributed by atoms with E-state index in [1.54, 1.807) is 7.05 Å². The van der Waals surface area contributed by atoms with Crippen molar-refractivity contribution in [3.63, 3.8) is 0 Å². The van der Waals surface area contributed by atoms with E-state index in [0.29, 0.717) is 24.1 Å². The highest BCUT2D eigenvalue weighted by atomic mass is 19.1. The molecule has 162 valence electrons. The predicted octanol–water partition coefficient (Wildman–Crippen LogP) is 4.04. The average Bonchev–Trinajstić information content (AvgIpc) is 2.73. The van der Waals surface area contributed by atoms with Crippen molar-refractivity contribution in [2.24, 2.45) is 4.99 Å². The monoisotopic (exact) mass is 418 g/mol. The van der Waals surface area contributed by atoms with E-state index in [0.717, 1.165) is 44.1 Å². The maximum Gasteiger partial charge on any atom is 0.191 e. The number of nitrogens with one attached hydrogen (secondary N) is 2. The molecule has 2 N–H and O–H groups in total. The van der Waals surface area contributed by atoms with Crippen LogP contribution < -0.4 is 10.6 Å². The fourth-order valence-electron chi connectivity index (χ4n) is 3.73. The predicted molar refractivity (Wildman–Crippen MR) is 114 cm³/mol. The molecule has 7 heteroatoms. The van der Waals surface area contributed by atoms with Crippen LogP contribution in [0.2, 0.25) is 0 Å². The number of nitrogens with zero attached hydrogens (tertiary/aromatic N) is 2. The van der Waals surface area contributed by atoms with Crippen LogP contribution in [0.3, 0.4) is 0 Å². The Bertz CT molecular complexity index is 846. The van der Waals surface area contributed by atoms with E-state index in [2.05, 4.69) is 20.5 Å². The van der Waals surface area contributed by atoms with Crippen LogP contribution in [0.5, 0.6) is 0 Å². The van der Waals surface area contributed by atoms with Gasteiger partial charge in [-0.3, -0.25) is 9.89 Å². The van der Waals surface area contributed by atoms with Gasteiger partial charge < -0.3 is 10.6 Å². The van der Waals surface area contributed by atoms with Gasteiger partial charge in [0.05, 0.1) is 0 Å². The van der Waals surface area contributed by atoms with Gasteiger partial charge in [-0.1, -0.05) is 25.1 Å². The summed E-state index contributed by atoms with van der Waals surface area (Å²) in [5.41, 5.74) is 1.59. The lowest BCUT2D eigenvalue weighted by Gasteiger charge is -2.33. The Hall–Kier alpha value is -2.54. The summed E-state index contributed by atoms with van der Waals surface area (Å²) < 4.78 is 40.1. The molecular formula is C23H29F3N4. The largest absolute Gasteiger partial charge is 0.356 e. The highest BCUT2D eigenvalue weighted by molar-refractivity contribution is 5.80. The summed E-state index contributed by atoms with van der Waals surface area (Å²) in [7, 11) is 1.71. The zero-order valence-corrected chi connectivity index (χ0v) is 17.5. The molecule has 1 aliphatic heterocycles. The van der Waals surface area contributed by atoms with Crippen LogP contribution in [0.25, 0.3) is 0 Å². The lowest BCUT2D eigenvalue weighted by molar-refractivity contribution is 0.198. The Morgan fingerprint density at radius 1 is 1.07 bits per heavy atom. The molecule has 1 fully saturated rings. The Balaban J connectivity index is 1.43. The quantitative estimate of drug-likeness (QED) is 0.550. The zero-order chi connectivity index (χ0) is 21.5. The molecular weight excluding hydrogens is 389 g/mol. The fraction of sp³-hybridized carbons (Fsp3) is 0.435. The van der Waals surface area contributed by atoms with Crippen molar-refractivity contribution in [1.29, 1.82) is 0 Å². The van der Waals surface area contributed by atoms with Gasteiger partial charge in [-0.2, -0.15) is 0 Å². The molecule has 1 unspecified atom stereocenters. The number of hydrogen-bond donors (Lipinski definition) is 2. The first-order valence-electron chi connectivity index (χ1n) is 10.3. The summed E-state index contributed by atoms with van der Waals surface area (Å²) in [5.74, 6) is -0.750. The minimum Gasteiger partial charge on any atom is -0.356 e. The Morgan fingerprint density at radius 2 is 1.73 bits per heavy atom. The lowest BCUT2D eigenvalue weighted by atomic mass is 10.0. The molecule has 4 nitrogen and oxygen atoms in total. The SMILES string of the molecule is CN=C(NCC(C)c1ccc(F)cc1F)NC1CCN(Cc2ccc(F)cc2)CC1. The molecule has 2 aromatic carbocycles. The smallest absolute Gasteiger partial charge is 0.191 e. The molecule has 2 aromatic rings. The molecule has 0 aliphatic carbocycles. The second kappa shape index (κ2) is 10.5. The van der Waals surface area contributed by atoms with E-state index < -0.39 is 11.6 Å². The molecule has 0 spiro atoms. The number of hydrogen-bond acceptors (Lipinski definition) is 2. The van der Waals surface area contributed by atoms with Crippen molar-refractivity contribution in [2.75, 3.05) is 26.7 Å². The van der Waals surface area contributed by atoms with Gasteiger partial charge in [0, 0.05) is 51.3 Å². The number of aliphatic imine (C=N–C) groups is 1. The van der Waals surface area contributed by atoms with Crippen molar-refractivity contribution >= 4 is 5.96 Å². The van der Waals surface area contributed by atoms with E-state index in [1.165, 1.54) is 24.3 Å². The van der Waals surface area contributed by atoms with Crippen LogP contribution in [0.1, 0.15) is 36.8 Å². The standard InChI is InChI=1S/C23H29F3N4/c1-16(21-8-7-19(25)13-22(21)26)14-28-23(27-2)29-20-9-11-30(12-10-20)15-17-3-5-18(24)6-4-17/h3-8,13,16,20H,9-12,14-15H2,1-2H3,(H2,27,28,29). The maximum atomic E-state index is 14.0. The van der Waals surface area contributed by atoms with E-state index >= 15 is 0 Å². The van der Waals surface area contributed by atoms with Gasteiger partial charge in [-0.15, -0.1) is 0 Å². The molecule has 0 aromatic heterocycles. The zero-order valence-electron chi connectivity index (χ0n) is 17.5. The molecule has 1 saturated heterocycles. The van der Waals surface area contributed by atoms with Crippen LogP contribution in [-0.4, -0.2) is 43.6 Å². The minimum atomic E-state index is -0.570. The molecule has 1 atom stereocenters. The first kappa shape index (κ1) is 22.2. The number of halogens is 3. The molecule has 1 heterocycles. The lowest BCUT2D eigenvalue weighted by Crippen LogP contribution is -2.49. The molecule has 1 aliphatic rings. The Morgan fingerprint density at radius 3 is 2.37 bits per heavy atom. The van der Waals surface area contributed by atoms with Crippen LogP contribution >= 0.6 is 0 Å². The van der Waals surface area contributed by atoms with Crippen molar-refractivity contribution in [3.05, 3.63) is 71.0 Å². The molecule has 30 heavy (non-hydrogen) atoms. The topological polar surface area (TPSA) is 39.7 Å². The number of rotatable bonds is 6. The van der Waals surface area contributed by atoms with Crippen molar-refractivity contribution in [1.82, 2.24) is 15.5 Å². The van der Waals surface area contributed by atoms with E-state index in [4.69, 9.17) is 0 Å². The first-order valence-corrected chi connectivity index (χ1v) is 10.3. The van der Waals surface area contributed by atoms with Gasteiger partial charge in [0.25, 0.3) is 0 Å². The van der Waals surface area contributed by atoms with Gasteiger partial charge in [-0.25, -0.2) is 13.2 Å². The first-order chi connectivity index (χ1) is 14.4. The average molecular weight is 419 g/mol. The van der Waals surface area contributed by atoms with Gasteiger partial charge in [0.1, 0.15) is 17.5 Å². The molecule has 0 bridgehead atoms. The number of guanidine groups is 1. The summed E-state index contributed by atoms with van der Waals surface area (Å²) in [4.78, 5) is 6.63. The van der Waals surface area contributed by atoms with Gasteiger partial charge >= 0.3 is 0 Å². The third-order valence-electron chi connectivity index (χ3n) is 5.54. The van der Waals surface area contributed by atoms with Gasteiger partial charge in [0.2, 0.25) is 0 Å². The van der Waals surface area contributed by atoms with Crippen molar-refractivity contribution in [2.45, 2.75) is 38.3 Å². The molecule has 0 radical (unpaired) electrons. The summed E-state index contributed by atoms with van der Waals surface area (Å²) in [6.45, 7) is 5.10. The van der Waals surface area contributed by atoms with Crippen LogP contribution in [0.15, 0.2) is 47.5 Å². The van der Waals surface area contributed by atoms with Crippen LogP contribution in [0, 0.1) is 17.5 Å². The summed E-state index contributed by atoms with van der Waals surface area (Å²) in [6, 6.07) is 10.6. The normalized spacial score (nSPS) is 17.0. The van der Waals surface area contributed by atoms with E-state index in [1.807, 2.05) is 19.1 Å². The van der Waals surface area contributed by atoms with Gasteiger partial charge in [-0.05, 0) is 42.2 Å². The van der Waals surface area contributed by atoms with Crippen molar-refractivity contribution < 1.29 is 13.2 Å². The molecule has 3 rings (SSSR count). The third kappa shape index (κ3) is 6.23. The van der Waals surface area contributed by atoms with E-state index in [9.17, 15) is 13.2 Å². The second-order valence-electron chi connectivity index (χ2n) is 7.84. The summed E-state index contributed by atoms with van der Waals surface area (Å²) in [5, 5.41) is 6.68. The number of piperidine rings is 1. The van der Waals surface area contributed by atoms with Crippen LogP contribution in [0.4, 0.5) is 13.2 Å². The van der Waals surface area contributed by atoms with Crippen LogP contribution in [-0.2, 0) is 6.54 Å². The maximum absolute atomic E-state index is 14.0. The Labute approximate surface area is 176 Å². The Kier molecular flexibility index (Phi) is 7.74. The highest BCUT2D eigenvalue weighted by Gasteiger charge is 2.20. The second-order valence-corrected chi connectivity index (χ2v) is 7.84.